The van der Waals surface area contributed by atoms with Crippen molar-refractivity contribution in [3.05, 3.63) is 29.8 Å². The summed E-state index contributed by atoms with van der Waals surface area (Å²) in [5.41, 5.74) is 0.925. The lowest BCUT2D eigenvalue weighted by Crippen LogP contribution is -2.08. The fourth-order valence-corrected chi connectivity index (χ4v) is 1.18. The number of hydrogen-bond acceptors (Lipinski definition) is 4. The normalized spacial score (nSPS) is 10.5. The molecule has 0 aliphatic carbocycles. The monoisotopic (exact) mass is 235 g/mol. The third kappa shape index (κ3) is 5.15. The molecular weight excluding hydrogens is 218 g/mol. The molecule has 0 radical (unpaired) electrons. The van der Waals surface area contributed by atoms with Gasteiger partial charge in [0.05, 0.1) is 13.7 Å². The van der Waals surface area contributed by atoms with Crippen LogP contribution in [0.25, 0.3) is 0 Å². The van der Waals surface area contributed by atoms with Crippen molar-refractivity contribution in [3.63, 3.8) is 0 Å². The molecule has 1 rings (SSSR count). The Hall–Kier alpha value is -1.84. The molecule has 92 valence electrons. The Morgan fingerprint density at radius 1 is 1.35 bits per heavy atom. The number of benzene rings is 1. The zero-order valence-corrected chi connectivity index (χ0v) is 10.2. The highest BCUT2D eigenvalue weighted by Crippen LogP contribution is 2.09. The van der Waals surface area contributed by atoms with Gasteiger partial charge >= 0.3 is 5.97 Å². The van der Waals surface area contributed by atoms with E-state index in [0.717, 1.165) is 17.7 Å². The van der Waals surface area contributed by atoms with Gasteiger partial charge in [-0.15, -0.1) is 0 Å². The first-order chi connectivity index (χ1) is 8.26. The molecule has 0 amide bonds. The molecule has 0 heterocycles. The Labute approximate surface area is 101 Å². The summed E-state index contributed by atoms with van der Waals surface area (Å²) in [7, 11) is 1.62. The molecule has 17 heavy (non-hydrogen) atoms. The third-order valence-electron chi connectivity index (χ3n) is 2.04. The number of carbonyl (C=O) groups excluding carboxylic acids is 1. The molecule has 0 atom stereocenters. The average Bonchev–Trinajstić information content (AvgIpc) is 2.37. The number of hydrogen-bond donors (Lipinski definition) is 0. The number of rotatable bonds is 6. The zero-order chi connectivity index (χ0) is 12.5. The molecule has 1 aromatic carbocycles. The highest BCUT2D eigenvalue weighted by Gasteiger charge is 1.98. The van der Waals surface area contributed by atoms with E-state index in [2.05, 4.69) is 4.99 Å². The van der Waals surface area contributed by atoms with E-state index in [1.54, 1.807) is 13.3 Å². The predicted molar refractivity (Wildman–Crippen MR) is 66.7 cm³/mol. The molecule has 0 unspecified atom stereocenters. The van der Waals surface area contributed by atoms with Crippen molar-refractivity contribution in [2.24, 2.45) is 4.99 Å². The summed E-state index contributed by atoms with van der Waals surface area (Å²) in [4.78, 5) is 15.1. The lowest BCUT2D eigenvalue weighted by Gasteiger charge is -2.00. The summed E-state index contributed by atoms with van der Waals surface area (Å²) >= 11 is 0. The zero-order valence-electron chi connectivity index (χ0n) is 10.2. The second kappa shape index (κ2) is 7.44. The third-order valence-corrected chi connectivity index (χ3v) is 2.04. The van der Waals surface area contributed by atoms with Crippen molar-refractivity contribution in [1.82, 2.24) is 0 Å². The van der Waals surface area contributed by atoms with Crippen LogP contribution in [0.2, 0.25) is 0 Å². The number of ether oxygens (including phenoxy) is 2. The molecule has 0 spiro atoms. The molecule has 0 N–H and O–H groups in total. The molecule has 0 aliphatic rings. The van der Waals surface area contributed by atoms with Gasteiger partial charge < -0.3 is 9.47 Å². The van der Waals surface area contributed by atoms with E-state index >= 15 is 0 Å². The molecule has 0 fully saturated rings. The molecule has 0 saturated carbocycles. The van der Waals surface area contributed by atoms with E-state index in [4.69, 9.17) is 9.47 Å². The quantitative estimate of drug-likeness (QED) is 0.560. The summed E-state index contributed by atoms with van der Waals surface area (Å²) in [6.07, 6.45) is 2.47. The number of aliphatic imine (C=N–C) groups is 1. The van der Waals surface area contributed by atoms with Gasteiger partial charge in [0.25, 0.3) is 0 Å². The fourth-order valence-electron chi connectivity index (χ4n) is 1.18. The van der Waals surface area contributed by atoms with Gasteiger partial charge in [0, 0.05) is 6.21 Å². The molecule has 0 aromatic heterocycles. The maximum Gasteiger partial charge on any atom is 0.327 e. The van der Waals surface area contributed by atoms with Gasteiger partial charge in [-0.3, -0.25) is 9.79 Å². The number of esters is 1. The molecule has 0 aliphatic heterocycles. The second-order valence-corrected chi connectivity index (χ2v) is 3.46. The van der Waals surface area contributed by atoms with Crippen LogP contribution in [0.5, 0.6) is 5.75 Å². The van der Waals surface area contributed by atoms with Crippen molar-refractivity contribution >= 4 is 12.2 Å². The number of methoxy groups -OCH3 is 1. The van der Waals surface area contributed by atoms with Gasteiger partial charge in [-0.2, -0.15) is 0 Å². The van der Waals surface area contributed by atoms with Gasteiger partial charge in [-0.1, -0.05) is 6.92 Å². The summed E-state index contributed by atoms with van der Waals surface area (Å²) in [5, 5.41) is 0. The first kappa shape index (κ1) is 13.2. The topological polar surface area (TPSA) is 47.9 Å². The molecule has 1 aromatic rings. The van der Waals surface area contributed by atoms with Crippen LogP contribution < -0.4 is 4.74 Å². The lowest BCUT2D eigenvalue weighted by molar-refractivity contribution is -0.141. The minimum absolute atomic E-state index is 0.0615. The van der Waals surface area contributed by atoms with Crippen LogP contribution in [0.1, 0.15) is 18.9 Å². The first-order valence-electron chi connectivity index (χ1n) is 5.55. The summed E-state index contributed by atoms with van der Waals surface area (Å²) < 4.78 is 9.93. The Kier molecular flexibility index (Phi) is 5.79. The van der Waals surface area contributed by atoms with Crippen molar-refractivity contribution in [2.45, 2.75) is 13.3 Å². The second-order valence-electron chi connectivity index (χ2n) is 3.46. The molecule has 0 saturated heterocycles. The molecular formula is C13H17NO3. The van der Waals surface area contributed by atoms with Gasteiger partial charge in [0.1, 0.15) is 12.3 Å². The fraction of sp³-hybridized carbons (Fsp3) is 0.385. The maximum absolute atomic E-state index is 11.1. The van der Waals surface area contributed by atoms with Crippen LogP contribution in [0.4, 0.5) is 0 Å². The van der Waals surface area contributed by atoms with Crippen LogP contribution in [0.3, 0.4) is 0 Å². The summed E-state index contributed by atoms with van der Waals surface area (Å²) in [6, 6.07) is 7.44. The smallest absolute Gasteiger partial charge is 0.327 e. The van der Waals surface area contributed by atoms with E-state index in [0.29, 0.717) is 6.61 Å². The SMILES string of the molecule is CCCOC(=O)CN=Cc1ccc(OC)cc1. The average molecular weight is 235 g/mol. The lowest BCUT2D eigenvalue weighted by atomic mass is 10.2. The summed E-state index contributed by atoms with van der Waals surface area (Å²) in [6.45, 7) is 2.47. The van der Waals surface area contributed by atoms with Crippen LogP contribution >= 0.6 is 0 Å². The van der Waals surface area contributed by atoms with Gasteiger partial charge in [0.15, 0.2) is 0 Å². The van der Waals surface area contributed by atoms with E-state index < -0.39 is 0 Å². The van der Waals surface area contributed by atoms with Crippen LogP contribution in [-0.2, 0) is 9.53 Å². The highest BCUT2D eigenvalue weighted by atomic mass is 16.5. The summed E-state index contributed by atoms with van der Waals surface area (Å²) in [5.74, 6) is 0.501. The Morgan fingerprint density at radius 3 is 2.65 bits per heavy atom. The maximum atomic E-state index is 11.1. The minimum atomic E-state index is -0.295. The molecule has 4 nitrogen and oxygen atoms in total. The van der Waals surface area contributed by atoms with Crippen molar-refractivity contribution < 1.29 is 14.3 Å². The van der Waals surface area contributed by atoms with E-state index in [1.165, 1.54) is 0 Å². The van der Waals surface area contributed by atoms with Gasteiger partial charge in [-0.05, 0) is 36.2 Å². The Balaban J connectivity index is 2.39. The van der Waals surface area contributed by atoms with Crippen molar-refractivity contribution in [1.29, 1.82) is 0 Å². The number of carbonyl (C=O) groups is 1. The Morgan fingerprint density at radius 2 is 2.06 bits per heavy atom. The first-order valence-corrected chi connectivity index (χ1v) is 5.55. The van der Waals surface area contributed by atoms with E-state index in [1.807, 2.05) is 31.2 Å². The minimum Gasteiger partial charge on any atom is -0.497 e. The van der Waals surface area contributed by atoms with Gasteiger partial charge in [0.2, 0.25) is 0 Å². The van der Waals surface area contributed by atoms with E-state index in [-0.39, 0.29) is 12.5 Å². The molecule has 0 bridgehead atoms. The van der Waals surface area contributed by atoms with Crippen LogP contribution in [0.15, 0.2) is 29.3 Å². The van der Waals surface area contributed by atoms with Gasteiger partial charge in [-0.25, -0.2) is 0 Å². The molecule has 4 heteroatoms. The van der Waals surface area contributed by atoms with E-state index in [9.17, 15) is 4.79 Å². The highest BCUT2D eigenvalue weighted by molar-refractivity contribution is 5.82. The predicted octanol–water partition coefficient (Wildman–Crippen LogP) is 2.07. The largest absolute Gasteiger partial charge is 0.497 e. The Bertz CT molecular complexity index is 371. The van der Waals surface area contributed by atoms with Crippen LogP contribution in [0, 0.1) is 0 Å². The number of nitrogens with zero attached hydrogens (tertiary/aromatic N) is 1. The van der Waals surface area contributed by atoms with Crippen molar-refractivity contribution in [3.8, 4) is 5.75 Å². The standard InChI is InChI=1S/C13H17NO3/c1-3-8-17-13(15)10-14-9-11-4-6-12(16-2)7-5-11/h4-7,9H,3,8,10H2,1-2H3. The van der Waals surface area contributed by atoms with Crippen LogP contribution in [-0.4, -0.2) is 32.4 Å². The van der Waals surface area contributed by atoms with Crippen molar-refractivity contribution in [2.75, 3.05) is 20.3 Å².